The SMILES string of the molecule is O=P(O)(c1cc(Br)ccc1Br)c1cc(Br)ccc1Br. The van der Waals surface area contributed by atoms with Crippen LogP contribution >= 0.6 is 71.1 Å². The van der Waals surface area contributed by atoms with E-state index in [2.05, 4.69) is 63.7 Å². The van der Waals surface area contributed by atoms with E-state index in [1.807, 2.05) is 12.1 Å². The van der Waals surface area contributed by atoms with Crippen LogP contribution in [-0.4, -0.2) is 4.89 Å². The molecule has 2 nitrogen and oxygen atoms in total. The average molecular weight is 534 g/mol. The van der Waals surface area contributed by atoms with Gasteiger partial charge in [-0.1, -0.05) is 31.9 Å². The first-order chi connectivity index (χ1) is 8.82. The summed E-state index contributed by atoms with van der Waals surface area (Å²) in [6, 6.07) is 10.4. The minimum Gasteiger partial charge on any atom is -0.338 e. The lowest BCUT2D eigenvalue weighted by Crippen LogP contribution is -2.18. The van der Waals surface area contributed by atoms with Crippen molar-refractivity contribution in [3.8, 4) is 0 Å². The minimum atomic E-state index is -3.68. The highest BCUT2D eigenvalue weighted by atomic mass is 79.9. The largest absolute Gasteiger partial charge is 0.338 e. The number of hydrogen-bond donors (Lipinski definition) is 1. The second-order valence-corrected chi connectivity index (χ2v) is 9.42. The molecule has 0 spiro atoms. The van der Waals surface area contributed by atoms with Crippen molar-refractivity contribution in [1.29, 1.82) is 0 Å². The van der Waals surface area contributed by atoms with E-state index in [1.54, 1.807) is 24.3 Å². The Morgan fingerprint density at radius 3 is 1.53 bits per heavy atom. The molecule has 0 aliphatic rings. The van der Waals surface area contributed by atoms with Crippen molar-refractivity contribution in [2.24, 2.45) is 0 Å². The van der Waals surface area contributed by atoms with Crippen molar-refractivity contribution in [2.75, 3.05) is 0 Å². The number of rotatable bonds is 2. The zero-order valence-corrected chi connectivity index (χ0v) is 16.5. The molecule has 0 radical (unpaired) electrons. The van der Waals surface area contributed by atoms with Crippen LogP contribution in [0.2, 0.25) is 0 Å². The van der Waals surface area contributed by atoms with Gasteiger partial charge < -0.3 is 4.89 Å². The molecule has 2 aromatic rings. The molecule has 0 amide bonds. The maximum atomic E-state index is 12.8. The molecule has 0 aliphatic carbocycles. The van der Waals surface area contributed by atoms with E-state index in [-0.39, 0.29) is 0 Å². The normalized spacial score (nSPS) is 11.6. The van der Waals surface area contributed by atoms with Gasteiger partial charge in [0.15, 0.2) is 0 Å². The topological polar surface area (TPSA) is 37.3 Å². The lowest BCUT2D eigenvalue weighted by atomic mass is 10.4. The van der Waals surface area contributed by atoms with Crippen LogP contribution in [0.25, 0.3) is 0 Å². The van der Waals surface area contributed by atoms with Crippen molar-refractivity contribution < 1.29 is 9.46 Å². The zero-order chi connectivity index (χ0) is 14.2. The maximum Gasteiger partial charge on any atom is 0.261 e. The number of halogens is 4. The molecule has 0 saturated heterocycles. The Bertz CT molecular complexity index is 632. The van der Waals surface area contributed by atoms with Crippen LogP contribution in [0.5, 0.6) is 0 Å². The highest BCUT2D eigenvalue weighted by Gasteiger charge is 2.29. The molecule has 19 heavy (non-hydrogen) atoms. The fraction of sp³-hybridized carbons (Fsp3) is 0. The van der Waals surface area contributed by atoms with Gasteiger partial charge in [-0.15, -0.1) is 0 Å². The Kier molecular flexibility index (Phi) is 5.13. The standard InChI is InChI=1S/C12H7Br4O2P/c13-7-1-3-9(15)11(5-7)19(17,18)12-6-8(14)2-4-10(12)16/h1-6H,(H,17,18). The minimum absolute atomic E-state index is 0.362. The molecule has 1 N–H and O–H groups in total. The lowest BCUT2D eigenvalue weighted by Gasteiger charge is -2.16. The summed E-state index contributed by atoms with van der Waals surface area (Å²) in [7, 11) is -3.68. The Hall–Kier alpha value is 0.550. The zero-order valence-electron chi connectivity index (χ0n) is 9.28. The molecule has 7 heteroatoms. The van der Waals surface area contributed by atoms with Crippen molar-refractivity contribution >= 4 is 81.7 Å². The first-order valence-corrected chi connectivity index (χ1v) is 9.89. The second-order valence-electron chi connectivity index (χ2n) is 3.77. The summed E-state index contributed by atoms with van der Waals surface area (Å²) in [5.41, 5.74) is 0. The van der Waals surface area contributed by atoms with Gasteiger partial charge >= 0.3 is 0 Å². The summed E-state index contributed by atoms with van der Waals surface area (Å²) in [6.45, 7) is 0. The van der Waals surface area contributed by atoms with Crippen molar-refractivity contribution in [1.82, 2.24) is 0 Å². The quantitative estimate of drug-likeness (QED) is 0.555. The summed E-state index contributed by atoms with van der Waals surface area (Å²) in [6.07, 6.45) is 0. The summed E-state index contributed by atoms with van der Waals surface area (Å²) in [4.78, 5) is 10.5. The molecule has 0 bridgehead atoms. The van der Waals surface area contributed by atoms with E-state index in [1.165, 1.54) is 0 Å². The first-order valence-electron chi connectivity index (χ1n) is 5.06. The van der Waals surface area contributed by atoms with Gasteiger partial charge in [-0.2, -0.15) is 0 Å². The van der Waals surface area contributed by atoms with Crippen molar-refractivity contribution in [3.05, 3.63) is 54.3 Å². The number of benzene rings is 2. The van der Waals surface area contributed by atoms with E-state index >= 15 is 0 Å². The van der Waals surface area contributed by atoms with E-state index in [0.29, 0.717) is 19.6 Å². The Morgan fingerprint density at radius 1 is 0.789 bits per heavy atom. The van der Waals surface area contributed by atoms with Crippen LogP contribution in [-0.2, 0) is 4.57 Å². The second kappa shape index (κ2) is 6.12. The Labute approximate surface area is 144 Å². The van der Waals surface area contributed by atoms with Crippen LogP contribution in [0.3, 0.4) is 0 Å². The molecular weight excluding hydrogens is 527 g/mol. The summed E-state index contributed by atoms with van der Waals surface area (Å²) in [5.74, 6) is 0. The van der Waals surface area contributed by atoms with Crippen LogP contribution < -0.4 is 10.6 Å². The third-order valence-corrected chi connectivity index (χ3v) is 7.50. The monoisotopic (exact) mass is 530 g/mol. The van der Waals surface area contributed by atoms with E-state index in [9.17, 15) is 9.46 Å². The maximum absolute atomic E-state index is 12.8. The molecule has 0 aliphatic heterocycles. The lowest BCUT2D eigenvalue weighted by molar-refractivity contribution is 0.500. The van der Waals surface area contributed by atoms with Gasteiger partial charge in [0, 0.05) is 17.9 Å². The third kappa shape index (κ3) is 3.42. The predicted octanol–water partition coefficient (Wildman–Crippen LogP) is 4.96. The van der Waals surface area contributed by atoms with Gasteiger partial charge in [0.25, 0.3) is 7.37 Å². The molecular formula is C12H7Br4O2P. The molecule has 0 saturated carbocycles. The van der Waals surface area contributed by atoms with Crippen molar-refractivity contribution in [3.63, 3.8) is 0 Å². The van der Waals surface area contributed by atoms with Gasteiger partial charge in [0.05, 0.1) is 10.6 Å². The highest BCUT2D eigenvalue weighted by molar-refractivity contribution is 9.11. The summed E-state index contributed by atoms with van der Waals surface area (Å²) >= 11 is 13.3. The molecule has 0 atom stereocenters. The molecule has 0 aromatic heterocycles. The molecule has 100 valence electrons. The van der Waals surface area contributed by atoms with Gasteiger partial charge in [-0.05, 0) is 68.3 Å². The molecule has 0 fully saturated rings. The highest BCUT2D eigenvalue weighted by Crippen LogP contribution is 2.44. The van der Waals surface area contributed by atoms with E-state index in [4.69, 9.17) is 0 Å². The van der Waals surface area contributed by atoms with Gasteiger partial charge in [-0.25, -0.2) is 0 Å². The Morgan fingerprint density at radius 2 is 1.16 bits per heavy atom. The third-order valence-electron chi connectivity index (χ3n) is 2.47. The molecule has 0 heterocycles. The first kappa shape index (κ1) is 15.9. The van der Waals surface area contributed by atoms with Crippen LogP contribution in [0.15, 0.2) is 54.3 Å². The van der Waals surface area contributed by atoms with Crippen molar-refractivity contribution in [2.45, 2.75) is 0 Å². The predicted molar refractivity (Wildman–Crippen MR) is 92.8 cm³/mol. The summed E-state index contributed by atoms with van der Waals surface area (Å²) in [5, 5.41) is 0.723. The fourth-order valence-electron chi connectivity index (χ4n) is 1.57. The van der Waals surface area contributed by atoms with Crippen LogP contribution in [0, 0.1) is 0 Å². The fourth-order valence-corrected chi connectivity index (χ4v) is 6.19. The Balaban J connectivity index is 2.68. The van der Waals surface area contributed by atoms with Crippen LogP contribution in [0.4, 0.5) is 0 Å². The van der Waals surface area contributed by atoms with Gasteiger partial charge in [-0.3, -0.25) is 4.57 Å². The van der Waals surface area contributed by atoms with Gasteiger partial charge in [0.1, 0.15) is 0 Å². The van der Waals surface area contributed by atoms with E-state index < -0.39 is 7.37 Å². The van der Waals surface area contributed by atoms with Gasteiger partial charge in [0.2, 0.25) is 0 Å². The molecule has 0 unspecified atom stereocenters. The smallest absolute Gasteiger partial charge is 0.261 e. The number of hydrogen-bond acceptors (Lipinski definition) is 1. The molecule has 2 aromatic carbocycles. The average Bonchev–Trinajstić information content (AvgIpc) is 2.35. The molecule has 2 rings (SSSR count). The van der Waals surface area contributed by atoms with Crippen LogP contribution in [0.1, 0.15) is 0 Å². The summed E-state index contributed by atoms with van der Waals surface area (Å²) < 4.78 is 15.5. The van der Waals surface area contributed by atoms with E-state index in [0.717, 1.165) is 8.95 Å².